The van der Waals surface area contributed by atoms with E-state index in [9.17, 15) is 13.2 Å². The zero-order valence-electron chi connectivity index (χ0n) is 15.0. The van der Waals surface area contributed by atoms with Crippen LogP contribution >= 0.6 is 0 Å². The highest BCUT2D eigenvalue weighted by Gasteiger charge is 2.37. The van der Waals surface area contributed by atoms with Crippen LogP contribution in [0.3, 0.4) is 0 Å². The van der Waals surface area contributed by atoms with Crippen LogP contribution in [0.2, 0.25) is 0 Å². The lowest BCUT2D eigenvalue weighted by Crippen LogP contribution is -2.47. The number of hydrogen-bond acceptors (Lipinski definition) is 6. The Labute approximate surface area is 155 Å². The highest BCUT2D eigenvalue weighted by molar-refractivity contribution is 5.44. The predicted octanol–water partition coefficient (Wildman–Crippen LogP) is 3.23. The van der Waals surface area contributed by atoms with Crippen LogP contribution in [0.15, 0.2) is 24.7 Å². The van der Waals surface area contributed by atoms with Gasteiger partial charge in [0, 0.05) is 43.1 Å². The van der Waals surface area contributed by atoms with Crippen molar-refractivity contribution >= 4 is 11.8 Å². The average Bonchev–Trinajstić information content (AvgIpc) is 3.47. The van der Waals surface area contributed by atoms with Gasteiger partial charge in [-0.15, -0.1) is 0 Å². The second kappa shape index (κ2) is 6.94. The summed E-state index contributed by atoms with van der Waals surface area (Å²) in [5.41, 5.74) is 0.0335. The summed E-state index contributed by atoms with van der Waals surface area (Å²) in [6.07, 6.45) is 2.28. The van der Waals surface area contributed by atoms with E-state index in [0.717, 1.165) is 43.3 Å². The van der Waals surface area contributed by atoms with Crippen molar-refractivity contribution in [2.24, 2.45) is 0 Å². The molecule has 0 radical (unpaired) electrons. The third kappa shape index (κ3) is 3.96. The van der Waals surface area contributed by atoms with Crippen LogP contribution in [0.1, 0.15) is 37.1 Å². The first kappa shape index (κ1) is 17.9. The van der Waals surface area contributed by atoms with Gasteiger partial charge in [-0.2, -0.15) is 13.2 Å². The van der Waals surface area contributed by atoms with E-state index in [1.165, 1.54) is 6.20 Å². The van der Waals surface area contributed by atoms with E-state index in [0.29, 0.717) is 25.2 Å². The average molecular weight is 378 g/mol. The molecule has 1 aliphatic carbocycles. The van der Waals surface area contributed by atoms with Crippen LogP contribution in [0.5, 0.6) is 0 Å². The second-order valence-electron chi connectivity index (χ2n) is 7.11. The summed E-state index contributed by atoms with van der Waals surface area (Å²) in [7, 11) is 0. The van der Waals surface area contributed by atoms with E-state index in [1.54, 1.807) is 6.33 Å². The maximum absolute atomic E-state index is 12.9. The molecule has 1 saturated carbocycles. The summed E-state index contributed by atoms with van der Waals surface area (Å²) < 4.78 is 38.7. The number of rotatable bonds is 4. The Balaban J connectivity index is 1.47. The van der Waals surface area contributed by atoms with Gasteiger partial charge in [0.25, 0.3) is 0 Å². The molecule has 1 aliphatic heterocycles. The number of halogens is 3. The minimum atomic E-state index is -4.45. The zero-order chi connectivity index (χ0) is 19.0. The molecule has 6 nitrogen and oxygen atoms in total. The molecule has 0 aromatic carbocycles. The SMILES string of the molecule is Cc1cc(N(C2CC2)C2CCN(c3nccc(C(F)(F)F)n3)CC2)ncn1. The topological polar surface area (TPSA) is 58.0 Å². The molecular formula is C18H21F3N6. The monoisotopic (exact) mass is 378 g/mol. The van der Waals surface area contributed by atoms with E-state index >= 15 is 0 Å². The highest BCUT2D eigenvalue weighted by Crippen LogP contribution is 2.36. The lowest BCUT2D eigenvalue weighted by atomic mass is 10.0. The smallest absolute Gasteiger partial charge is 0.350 e. The third-order valence-electron chi connectivity index (χ3n) is 5.07. The molecule has 144 valence electrons. The molecule has 2 fully saturated rings. The Morgan fingerprint density at radius 2 is 1.74 bits per heavy atom. The summed E-state index contributed by atoms with van der Waals surface area (Å²) in [6.45, 7) is 3.20. The number of alkyl halides is 3. The van der Waals surface area contributed by atoms with Crippen molar-refractivity contribution in [3.05, 3.63) is 36.0 Å². The standard InChI is InChI=1S/C18H21F3N6/c1-12-10-16(24-11-23-12)27(13-2-3-13)14-5-8-26(9-6-14)17-22-7-4-15(25-17)18(19,20)21/h4,7,10-11,13-14H,2-3,5-6,8-9H2,1H3. The van der Waals surface area contributed by atoms with E-state index in [1.807, 2.05) is 17.9 Å². The van der Waals surface area contributed by atoms with Gasteiger partial charge in [0.05, 0.1) is 0 Å². The minimum absolute atomic E-state index is 0.152. The van der Waals surface area contributed by atoms with E-state index in [4.69, 9.17) is 0 Å². The largest absolute Gasteiger partial charge is 0.433 e. The number of nitrogens with zero attached hydrogens (tertiary/aromatic N) is 6. The van der Waals surface area contributed by atoms with Crippen LogP contribution < -0.4 is 9.80 Å². The first-order chi connectivity index (χ1) is 12.9. The molecule has 0 N–H and O–H groups in total. The molecule has 0 spiro atoms. The number of aryl methyl sites for hydroxylation is 1. The van der Waals surface area contributed by atoms with Gasteiger partial charge in [-0.1, -0.05) is 0 Å². The molecule has 3 heterocycles. The minimum Gasteiger partial charge on any atom is -0.350 e. The van der Waals surface area contributed by atoms with Crippen molar-refractivity contribution < 1.29 is 13.2 Å². The molecule has 0 atom stereocenters. The maximum Gasteiger partial charge on any atom is 0.433 e. The summed E-state index contributed by atoms with van der Waals surface area (Å²) in [5, 5.41) is 0. The normalized spacial score (nSPS) is 18.6. The van der Waals surface area contributed by atoms with Crippen molar-refractivity contribution in [2.45, 2.75) is 50.9 Å². The van der Waals surface area contributed by atoms with Crippen LogP contribution in [0.4, 0.5) is 24.9 Å². The maximum atomic E-state index is 12.9. The Morgan fingerprint density at radius 3 is 2.37 bits per heavy atom. The number of hydrogen-bond donors (Lipinski definition) is 0. The van der Waals surface area contributed by atoms with Gasteiger partial charge < -0.3 is 9.80 Å². The van der Waals surface area contributed by atoms with Gasteiger partial charge in [0.1, 0.15) is 17.8 Å². The van der Waals surface area contributed by atoms with Crippen molar-refractivity contribution in [3.8, 4) is 0 Å². The molecule has 0 amide bonds. The van der Waals surface area contributed by atoms with Crippen molar-refractivity contribution in [3.63, 3.8) is 0 Å². The van der Waals surface area contributed by atoms with Crippen molar-refractivity contribution in [1.29, 1.82) is 0 Å². The Bertz CT molecular complexity index is 800. The van der Waals surface area contributed by atoms with Crippen LogP contribution in [0.25, 0.3) is 0 Å². The molecule has 0 bridgehead atoms. The number of piperidine rings is 1. The fourth-order valence-electron chi connectivity index (χ4n) is 3.61. The third-order valence-corrected chi connectivity index (χ3v) is 5.07. The summed E-state index contributed by atoms with van der Waals surface area (Å²) in [4.78, 5) is 20.6. The number of aromatic nitrogens is 4. The molecular weight excluding hydrogens is 357 g/mol. The Kier molecular flexibility index (Phi) is 4.61. The van der Waals surface area contributed by atoms with Gasteiger partial charge >= 0.3 is 6.18 Å². The number of anilines is 2. The fourth-order valence-corrected chi connectivity index (χ4v) is 3.61. The molecule has 2 aromatic heterocycles. The lowest BCUT2D eigenvalue weighted by Gasteiger charge is -2.39. The molecule has 0 unspecified atom stereocenters. The van der Waals surface area contributed by atoms with Gasteiger partial charge in [-0.05, 0) is 38.7 Å². The fraction of sp³-hybridized carbons (Fsp3) is 0.556. The zero-order valence-corrected chi connectivity index (χ0v) is 15.0. The molecule has 4 rings (SSSR count). The first-order valence-electron chi connectivity index (χ1n) is 9.14. The van der Waals surface area contributed by atoms with Gasteiger partial charge in [0.15, 0.2) is 0 Å². The molecule has 1 saturated heterocycles. The summed E-state index contributed by atoms with van der Waals surface area (Å²) >= 11 is 0. The van der Waals surface area contributed by atoms with Gasteiger partial charge in [-0.25, -0.2) is 19.9 Å². The van der Waals surface area contributed by atoms with Crippen molar-refractivity contribution in [1.82, 2.24) is 19.9 Å². The van der Waals surface area contributed by atoms with Crippen LogP contribution in [-0.2, 0) is 6.18 Å². The quantitative estimate of drug-likeness (QED) is 0.814. The Hall–Kier alpha value is -2.45. The molecule has 2 aromatic rings. The van der Waals surface area contributed by atoms with Gasteiger partial charge in [0.2, 0.25) is 5.95 Å². The Morgan fingerprint density at radius 1 is 1.04 bits per heavy atom. The van der Waals surface area contributed by atoms with Crippen molar-refractivity contribution in [2.75, 3.05) is 22.9 Å². The molecule has 9 heteroatoms. The first-order valence-corrected chi connectivity index (χ1v) is 9.14. The molecule has 2 aliphatic rings. The second-order valence-corrected chi connectivity index (χ2v) is 7.11. The van der Waals surface area contributed by atoms with Crippen LogP contribution in [0, 0.1) is 6.92 Å². The summed E-state index contributed by atoms with van der Waals surface area (Å²) in [5.74, 6) is 1.10. The summed E-state index contributed by atoms with van der Waals surface area (Å²) in [6, 6.07) is 3.72. The highest BCUT2D eigenvalue weighted by atomic mass is 19.4. The van der Waals surface area contributed by atoms with Crippen LogP contribution in [-0.4, -0.2) is 45.1 Å². The lowest BCUT2D eigenvalue weighted by molar-refractivity contribution is -0.141. The van der Waals surface area contributed by atoms with E-state index in [2.05, 4.69) is 24.8 Å². The van der Waals surface area contributed by atoms with Gasteiger partial charge in [-0.3, -0.25) is 0 Å². The van der Waals surface area contributed by atoms with E-state index in [-0.39, 0.29) is 5.95 Å². The van der Waals surface area contributed by atoms with E-state index < -0.39 is 11.9 Å². The predicted molar refractivity (Wildman–Crippen MR) is 94.5 cm³/mol. The molecule has 27 heavy (non-hydrogen) atoms.